The number of anilines is 1. The molecular weight excluding hydrogens is 487 g/mol. The largest absolute Gasteiger partial charge is 0.573 e. The lowest BCUT2D eigenvalue weighted by atomic mass is 9.89. The molecule has 2 heterocycles. The smallest absolute Gasteiger partial charge is 0.405 e. The molecule has 7 nitrogen and oxygen atoms in total. The van der Waals surface area contributed by atoms with Crippen LogP contribution in [0.25, 0.3) is 0 Å². The van der Waals surface area contributed by atoms with E-state index < -0.39 is 24.1 Å². The van der Waals surface area contributed by atoms with Gasteiger partial charge in [0.2, 0.25) is 5.91 Å². The summed E-state index contributed by atoms with van der Waals surface area (Å²) >= 11 is 0. The maximum Gasteiger partial charge on any atom is 0.573 e. The highest BCUT2D eigenvalue weighted by Crippen LogP contribution is 2.32. The summed E-state index contributed by atoms with van der Waals surface area (Å²) in [6, 6.07) is 16.8. The number of ether oxygens (including phenoxy) is 1. The van der Waals surface area contributed by atoms with Crippen molar-refractivity contribution in [2.75, 3.05) is 18.4 Å². The number of likely N-dealkylation sites (tertiary alicyclic amines) is 1. The van der Waals surface area contributed by atoms with E-state index in [1.165, 1.54) is 33.7 Å². The van der Waals surface area contributed by atoms with E-state index in [0.29, 0.717) is 31.6 Å². The molecule has 4 rings (SSSR count). The third-order valence-corrected chi connectivity index (χ3v) is 6.42. The Morgan fingerprint density at radius 2 is 1.62 bits per heavy atom. The summed E-state index contributed by atoms with van der Waals surface area (Å²) in [6.45, 7) is 2.44. The van der Waals surface area contributed by atoms with Crippen LogP contribution in [-0.4, -0.2) is 40.7 Å². The van der Waals surface area contributed by atoms with Crippen LogP contribution in [0.1, 0.15) is 47.6 Å². The van der Waals surface area contributed by atoms with Gasteiger partial charge in [0.1, 0.15) is 11.8 Å². The van der Waals surface area contributed by atoms with Gasteiger partial charge in [-0.3, -0.25) is 14.4 Å². The van der Waals surface area contributed by atoms with E-state index in [-0.39, 0.29) is 22.9 Å². The van der Waals surface area contributed by atoms with E-state index in [9.17, 15) is 27.6 Å². The van der Waals surface area contributed by atoms with Crippen LogP contribution in [0.5, 0.6) is 5.75 Å². The Morgan fingerprint density at radius 1 is 0.973 bits per heavy atom. The average molecular weight is 514 g/mol. The first-order valence-electron chi connectivity index (χ1n) is 11.8. The number of pyridine rings is 1. The number of alkyl halides is 3. The molecule has 1 aromatic heterocycles. The molecule has 2 aromatic carbocycles. The van der Waals surface area contributed by atoms with Gasteiger partial charge in [-0.25, -0.2) is 0 Å². The van der Waals surface area contributed by atoms with Crippen LogP contribution in [0.15, 0.2) is 77.7 Å². The average Bonchev–Trinajstić information content (AvgIpc) is 2.88. The molecule has 37 heavy (non-hydrogen) atoms. The Balaban J connectivity index is 1.34. The zero-order valence-electron chi connectivity index (χ0n) is 20.1. The lowest BCUT2D eigenvalue weighted by Gasteiger charge is -2.32. The van der Waals surface area contributed by atoms with Crippen molar-refractivity contribution in [1.82, 2.24) is 9.47 Å². The molecule has 3 aromatic rings. The second-order valence-corrected chi connectivity index (χ2v) is 8.84. The minimum Gasteiger partial charge on any atom is -0.405 e. The van der Waals surface area contributed by atoms with E-state index in [4.69, 9.17) is 0 Å². The minimum absolute atomic E-state index is 0.120. The van der Waals surface area contributed by atoms with Gasteiger partial charge in [0.15, 0.2) is 0 Å². The summed E-state index contributed by atoms with van der Waals surface area (Å²) in [6.07, 6.45) is -2.03. The summed E-state index contributed by atoms with van der Waals surface area (Å²) in [5.74, 6) is -1.16. The number of carbonyl (C=O) groups is 2. The van der Waals surface area contributed by atoms with Gasteiger partial charge in [0.25, 0.3) is 11.5 Å². The molecule has 1 saturated heterocycles. The molecule has 1 aliphatic rings. The van der Waals surface area contributed by atoms with Crippen molar-refractivity contribution in [1.29, 1.82) is 0 Å². The predicted molar refractivity (Wildman–Crippen MR) is 131 cm³/mol. The fourth-order valence-corrected chi connectivity index (χ4v) is 4.41. The normalized spacial score (nSPS) is 15.2. The zero-order valence-corrected chi connectivity index (χ0v) is 20.1. The standard InChI is InChI=1S/C27H26F3N3O4/c1-18(33-15-5-4-8-24(33)34)25(35)31-21-11-9-19(10-12-21)20-13-16-32(17-14-20)26(36)22-6-2-3-7-23(22)37-27(28,29)30/h2-12,15,18,20H,13-14,16-17H2,1H3,(H,31,35). The Hall–Kier alpha value is -4.08. The molecule has 0 aliphatic carbocycles. The quantitative estimate of drug-likeness (QED) is 0.505. The Labute approximate surface area is 211 Å². The number of nitrogens with one attached hydrogen (secondary N) is 1. The minimum atomic E-state index is -4.88. The summed E-state index contributed by atoms with van der Waals surface area (Å²) in [5.41, 5.74) is 1.25. The maximum atomic E-state index is 12.9. The molecule has 1 atom stereocenters. The van der Waals surface area contributed by atoms with Crippen LogP contribution in [0.4, 0.5) is 18.9 Å². The Kier molecular flexibility index (Phi) is 7.66. The van der Waals surface area contributed by atoms with Gasteiger partial charge in [0, 0.05) is 31.0 Å². The first-order valence-corrected chi connectivity index (χ1v) is 11.8. The van der Waals surface area contributed by atoms with E-state index in [0.717, 1.165) is 11.6 Å². The summed E-state index contributed by atoms with van der Waals surface area (Å²) in [7, 11) is 0. The van der Waals surface area contributed by atoms with E-state index >= 15 is 0 Å². The summed E-state index contributed by atoms with van der Waals surface area (Å²) in [4.78, 5) is 39.0. The summed E-state index contributed by atoms with van der Waals surface area (Å²) < 4.78 is 43.5. The number of piperidine rings is 1. The first kappa shape index (κ1) is 26.0. The molecule has 1 aliphatic heterocycles. The van der Waals surface area contributed by atoms with Gasteiger partial charge in [-0.2, -0.15) is 0 Å². The number of halogens is 3. The fourth-order valence-electron chi connectivity index (χ4n) is 4.41. The number of amides is 2. The molecule has 1 unspecified atom stereocenters. The number of hydrogen-bond acceptors (Lipinski definition) is 4. The number of benzene rings is 2. The van der Waals surface area contributed by atoms with E-state index in [1.54, 1.807) is 37.4 Å². The van der Waals surface area contributed by atoms with Crippen molar-refractivity contribution in [3.8, 4) is 5.75 Å². The van der Waals surface area contributed by atoms with Crippen molar-refractivity contribution in [2.24, 2.45) is 0 Å². The molecule has 1 N–H and O–H groups in total. The Bertz CT molecular complexity index is 1310. The number of carbonyl (C=O) groups excluding carboxylic acids is 2. The predicted octanol–water partition coefficient (Wildman–Crippen LogP) is 4.97. The van der Waals surface area contributed by atoms with Gasteiger partial charge in [-0.1, -0.05) is 30.3 Å². The SMILES string of the molecule is CC(C(=O)Nc1ccc(C2CCN(C(=O)c3ccccc3OC(F)(F)F)CC2)cc1)n1ccccc1=O. The highest BCUT2D eigenvalue weighted by atomic mass is 19.4. The van der Waals surface area contributed by atoms with Crippen molar-refractivity contribution < 1.29 is 27.5 Å². The molecule has 1 fully saturated rings. The number of rotatable bonds is 6. The molecule has 2 amide bonds. The second-order valence-electron chi connectivity index (χ2n) is 8.84. The second kappa shape index (κ2) is 10.9. The monoisotopic (exact) mass is 513 g/mol. The molecule has 0 radical (unpaired) electrons. The molecule has 0 spiro atoms. The third kappa shape index (κ3) is 6.38. The van der Waals surface area contributed by atoms with Crippen molar-refractivity contribution in [3.63, 3.8) is 0 Å². The van der Waals surface area contributed by atoms with Crippen LogP contribution in [0.2, 0.25) is 0 Å². The van der Waals surface area contributed by atoms with Crippen molar-refractivity contribution in [3.05, 3.63) is 94.4 Å². The van der Waals surface area contributed by atoms with Gasteiger partial charge in [-0.15, -0.1) is 13.2 Å². The first-order chi connectivity index (χ1) is 17.6. The number of nitrogens with zero attached hydrogens (tertiary/aromatic N) is 2. The number of aromatic nitrogens is 1. The van der Waals surface area contributed by atoms with Gasteiger partial charge in [0.05, 0.1) is 5.56 Å². The van der Waals surface area contributed by atoms with Gasteiger partial charge < -0.3 is 19.5 Å². The molecule has 194 valence electrons. The third-order valence-electron chi connectivity index (χ3n) is 6.42. The van der Waals surface area contributed by atoms with Crippen LogP contribution >= 0.6 is 0 Å². The van der Waals surface area contributed by atoms with Crippen LogP contribution in [-0.2, 0) is 4.79 Å². The zero-order chi connectivity index (χ0) is 26.6. The molecule has 0 bridgehead atoms. The highest BCUT2D eigenvalue weighted by Gasteiger charge is 2.34. The lowest BCUT2D eigenvalue weighted by Crippen LogP contribution is -2.38. The molecular formula is C27H26F3N3O4. The fraction of sp³-hybridized carbons (Fsp3) is 0.296. The van der Waals surface area contributed by atoms with Crippen LogP contribution in [0, 0.1) is 0 Å². The topological polar surface area (TPSA) is 80.6 Å². The summed E-state index contributed by atoms with van der Waals surface area (Å²) in [5, 5.41) is 2.82. The van der Waals surface area contributed by atoms with E-state index in [1.807, 2.05) is 12.1 Å². The van der Waals surface area contributed by atoms with Crippen LogP contribution < -0.4 is 15.6 Å². The van der Waals surface area contributed by atoms with Gasteiger partial charge in [-0.05, 0) is 61.6 Å². The number of hydrogen-bond donors (Lipinski definition) is 1. The highest BCUT2D eigenvalue weighted by molar-refractivity contribution is 5.97. The van der Waals surface area contributed by atoms with Crippen molar-refractivity contribution in [2.45, 2.75) is 38.1 Å². The maximum absolute atomic E-state index is 12.9. The van der Waals surface area contributed by atoms with Gasteiger partial charge >= 0.3 is 6.36 Å². The van der Waals surface area contributed by atoms with E-state index in [2.05, 4.69) is 10.1 Å². The van der Waals surface area contributed by atoms with Crippen molar-refractivity contribution >= 4 is 17.5 Å². The molecule has 0 saturated carbocycles. The lowest BCUT2D eigenvalue weighted by molar-refractivity contribution is -0.274. The Morgan fingerprint density at radius 3 is 2.27 bits per heavy atom. The van der Waals surface area contributed by atoms with Crippen LogP contribution in [0.3, 0.4) is 0 Å². The molecule has 10 heteroatoms. The number of para-hydroxylation sites is 1.